The number of carbonyl (C=O) groups is 1. The molecule has 1 atom stereocenters. The molecule has 3 rings (SSSR count). The fourth-order valence-corrected chi connectivity index (χ4v) is 3.36. The lowest BCUT2D eigenvalue weighted by Gasteiger charge is -2.25. The SMILES string of the molecule is O=C(Nc1ccc2c(c1)CCN(P)C2)c1nnc(CCl)s1. The molecule has 0 saturated heterocycles. The highest BCUT2D eigenvalue weighted by atomic mass is 35.5. The Kier molecular flexibility index (Phi) is 4.50. The van der Waals surface area contributed by atoms with Crippen molar-refractivity contribution in [1.29, 1.82) is 0 Å². The zero-order valence-corrected chi connectivity index (χ0v) is 13.9. The third kappa shape index (κ3) is 3.40. The molecular weight excluding hydrogens is 327 g/mol. The Morgan fingerprint density at radius 3 is 3.05 bits per heavy atom. The fraction of sp³-hybridized carbons (Fsp3) is 0.308. The monoisotopic (exact) mass is 340 g/mol. The number of alkyl halides is 1. The van der Waals surface area contributed by atoms with Gasteiger partial charge < -0.3 is 5.32 Å². The topological polar surface area (TPSA) is 58.1 Å². The van der Waals surface area contributed by atoms with E-state index >= 15 is 0 Å². The van der Waals surface area contributed by atoms with Crippen LogP contribution < -0.4 is 5.32 Å². The number of hydrogen-bond acceptors (Lipinski definition) is 5. The average Bonchev–Trinajstić information content (AvgIpc) is 2.96. The van der Waals surface area contributed by atoms with E-state index in [0.29, 0.717) is 10.0 Å². The molecule has 1 aromatic heterocycles. The van der Waals surface area contributed by atoms with Crippen molar-refractivity contribution < 1.29 is 4.79 Å². The van der Waals surface area contributed by atoms with E-state index in [9.17, 15) is 4.79 Å². The Morgan fingerprint density at radius 2 is 2.29 bits per heavy atom. The van der Waals surface area contributed by atoms with Crippen LogP contribution in [0.4, 0.5) is 5.69 Å². The molecule has 2 aromatic rings. The number of rotatable bonds is 3. The zero-order valence-electron chi connectivity index (χ0n) is 11.2. The minimum atomic E-state index is -0.243. The summed E-state index contributed by atoms with van der Waals surface area (Å²) in [5.74, 6) is 0.0299. The van der Waals surface area contributed by atoms with E-state index in [0.717, 1.165) is 25.2 Å². The van der Waals surface area contributed by atoms with Gasteiger partial charge in [-0.25, -0.2) is 0 Å². The van der Waals surface area contributed by atoms with Crippen LogP contribution in [0.1, 0.15) is 25.9 Å². The number of hydrogen-bond donors (Lipinski definition) is 1. The van der Waals surface area contributed by atoms with Crippen molar-refractivity contribution >= 4 is 43.9 Å². The Balaban J connectivity index is 1.74. The Morgan fingerprint density at radius 1 is 1.43 bits per heavy atom. The first-order valence-corrected chi connectivity index (χ1v) is 8.33. The van der Waals surface area contributed by atoms with Crippen LogP contribution in [0.25, 0.3) is 0 Å². The smallest absolute Gasteiger partial charge is 0.286 e. The molecule has 2 heterocycles. The quantitative estimate of drug-likeness (QED) is 0.689. The molecule has 0 bridgehead atoms. The second kappa shape index (κ2) is 6.36. The van der Waals surface area contributed by atoms with Crippen molar-refractivity contribution in [1.82, 2.24) is 14.9 Å². The normalized spacial score (nSPS) is 14.8. The van der Waals surface area contributed by atoms with Crippen molar-refractivity contribution in [3.8, 4) is 0 Å². The molecule has 0 spiro atoms. The van der Waals surface area contributed by atoms with E-state index in [4.69, 9.17) is 11.6 Å². The van der Waals surface area contributed by atoms with E-state index in [2.05, 4.69) is 35.6 Å². The standard InChI is InChI=1S/C13H14ClN4OPS/c14-6-11-16-17-13(21-11)12(19)15-10-2-1-9-7-18(20)4-3-8(9)5-10/h1-2,5H,3-4,6-7,20H2,(H,15,19). The molecular formula is C13H14ClN4OPS. The van der Waals surface area contributed by atoms with E-state index in [-0.39, 0.29) is 11.8 Å². The predicted molar refractivity (Wildman–Crippen MR) is 87.7 cm³/mol. The predicted octanol–water partition coefficient (Wildman–Crippen LogP) is 2.68. The van der Waals surface area contributed by atoms with Gasteiger partial charge in [-0.3, -0.25) is 9.46 Å². The summed E-state index contributed by atoms with van der Waals surface area (Å²) < 4.78 is 2.20. The number of anilines is 1. The molecule has 1 amide bonds. The molecule has 1 aliphatic heterocycles. The van der Waals surface area contributed by atoms with Gasteiger partial charge in [0.25, 0.3) is 5.91 Å². The van der Waals surface area contributed by atoms with Gasteiger partial charge in [-0.1, -0.05) is 26.8 Å². The number of amides is 1. The minimum absolute atomic E-state index is 0.243. The van der Waals surface area contributed by atoms with Gasteiger partial charge in [0.15, 0.2) is 0 Å². The number of fused-ring (bicyclic) bond motifs is 1. The van der Waals surface area contributed by atoms with Gasteiger partial charge in [-0.2, -0.15) is 0 Å². The van der Waals surface area contributed by atoms with Gasteiger partial charge >= 0.3 is 0 Å². The van der Waals surface area contributed by atoms with Gasteiger partial charge in [-0.05, 0) is 29.7 Å². The van der Waals surface area contributed by atoms with E-state index in [1.165, 1.54) is 22.5 Å². The lowest BCUT2D eigenvalue weighted by atomic mass is 10.0. The van der Waals surface area contributed by atoms with Crippen LogP contribution in [0.2, 0.25) is 0 Å². The molecule has 8 heteroatoms. The van der Waals surface area contributed by atoms with Crippen LogP contribution in [-0.2, 0) is 18.8 Å². The minimum Gasteiger partial charge on any atom is -0.320 e. The zero-order chi connectivity index (χ0) is 14.8. The summed E-state index contributed by atoms with van der Waals surface area (Å²) in [4.78, 5) is 12.1. The van der Waals surface area contributed by atoms with Crippen molar-refractivity contribution in [2.75, 3.05) is 11.9 Å². The molecule has 0 saturated carbocycles. The van der Waals surface area contributed by atoms with E-state index in [1.807, 2.05) is 12.1 Å². The number of halogens is 1. The second-order valence-corrected chi connectivity index (χ2v) is 6.85. The van der Waals surface area contributed by atoms with E-state index < -0.39 is 0 Å². The lowest BCUT2D eigenvalue weighted by molar-refractivity contribution is 0.102. The first-order chi connectivity index (χ1) is 10.2. The average molecular weight is 341 g/mol. The van der Waals surface area contributed by atoms with Gasteiger partial charge in [0, 0.05) is 18.8 Å². The summed E-state index contributed by atoms with van der Waals surface area (Å²) in [5.41, 5.74) is 3.37. The summed E-state index contributed by atoms with van der Waals surface area (Å²) in [7, 11) is 2.73. The van der Waals surface area contributed by atoms with Crippen molar-refractivity contribution in [2.45, 2.75) is 18.8 Å². The van der Waals surface area contributed by atoms with Crippen LogP contribution in [0.15, 0.2) is 18.2 Å². The molecule has 1 aliphatic rings. The largest absolute Gasteiger partial charge is 0.320 e. The highest BCUT2D eigenvalue weighted by Crippen LogP contribution is 2.24. The van der Waals surface area contributed by atoms with Gasteiger partial charge in [0.05, 0.1) is 5.88 Å². The molecule has 110 valence electrons. The molecule has 0 radical (unpaired) electrons. The molecule has 1 N–H and O–H groups in total. The molecule has 0 fully saturated rings. The van der Waals surface area contributed by atoms with Gasteiger partial charge in [0.1, 0.15) is 5.01 Å². The number of aromatic nitrogens is 2. The molecule has 5 nitrogen and oxygen atoms in total. The highest BCUT2D eigenvalue weighted by molar-refractivity contribution is 7.13. The maximum absolute atomic E-state index is 12.1. The van der Waals surface area contributed by atoms with Gasteiger partial charge in [-0.15, -0.1) is 21.8 Å². The molecule has 0 aliphatic carbocycles. The molecule has 1 unspecified atom stereocenters. The van der Waals surface area contributed by atoms with Crippen molar-refractivity contribution in [3.05, 3.63) is 39.3 Å². The molecule has 21 heavy (non-hydrogen) atoms. The number of nitrogens with one attached hydrogen (secondary N) is 1. The Bertz CT molecular complexity index is 678. The van der Waals surface area contributed by atoms with Crippen molar-refractivity contribution in [2.24, 2.45) is 0 Å². The summed E-state index contributed by atoms with van der Waals surface area (Å²) in [6.45, 7) is 1.92. The van der Waals surface area contributed by atoms with Crippen molar-refractivity contribution in [3.63, 3.8) is 0 Å². The summed E-state index contributed by atoms with van der Waals surface area (Å²) in [5, 5.41) is 11.5. The first kappa shape index (κ1) is 14.9. The van der Waals surface area contributed by atoms with Crippen LogP contribution >= 0.6 is 32.3 Å². The number of nitrogens with zero attached hydrogens (tertiary/aromatic N) is 3. The number of carbonyl (C=O) groups excluding carboxylic acids is 1. The second-order valence-electron chi connectivity index (χ2n) is 4.79. The van der Waals surface area contributed by atoms with Crippen LogP contribution in [0.3, 0.4) is 0 Å². The van der Waals surface area contributed by atoms with E-state index in [1.54, 1.807) is 0 Å². The summed E-state index contributed by atoms with van der Waals surface area (Å²) in [6, 6.07) is 6.02. The van der Waals surface area contributed by atoms with Gasteiger partial charge in [0.2, 0.25) is 5.01 Å². The first-order valence-electron chi connectivity index (χ1n) is 6.47. The summed E-state index contributed by atoms with van der Waals surface area (Å²) >= 11 is 6.88. The van der Waals surface area contributed by atoms with Crippen LogP contribution in [-0.4, -0.2) is 27.3 Å². The van der Waals surface area contributed by atoms with Crippen LogP contribution in [0.5, 0.6) is 0 Å². The summed E-state index contributed by atoms with van der Waals surface area (Å²) in [6.07, 6.45) is 0.984. The third-order valence-corrected chi connectivity index (χ3v) is 5.06. The maximum atomic E-state index is 12.1. The fourth-order valence-electron chi connectivity index (χ4n) is 2.24. The number of benzene rings is 1. The maximum Gasteiger partial charge on any atom is 0.286 e. The van der Waals surface area contributed by atoms with Crippen LogP contribution in [0, 0.1) is 0 Å². The molecule has 1 aromatic carbocycles. The Hall–Kier alpha value is -1.07. The Labute approximate surface area is 134 Å². The highest BCUT2D eigenvalue weighted by Gasteiger charge is 2.16. The lowest BCUT2D eigenvalue weighted by Crippen LogP contribution is -2.22. The third-order valence-electron chi connectivity index (χ3n) is 3.28.